The Hall–Kier alpha value is -1.59. The largest absolute Gasteiger partial charge is 0.399 e. The van der Waals surface area contributed by atoms with Crippen molar-refractivity contribution >= 4 is 17.3 Å². The fourth-order valence-corrected chi connectivity index (χ4v) is 2.52. The van der Waals surface area contributed by atoms with Crippen LogP contribution in [-0.2, 0) is 9.53 Å². The number of carbonyl (C=O) groups is 1. The zero-order valence-corrected chi connectivity index (χ0v) is 12.7. The third-order valence-electron chi connectivity index (χ3n) is 3.68. The van der Waals surface area contributed by atoms with E-state index in [9.17, 15) is 4.79 Å². The molecule has 0 spiro atoms. The Morgan fingerprint density at radius 3 is 3.05 bits per heavy atom. The van der Waals surface area contributed by atoms with E-state index in [1.54, 1.807) is 12.1 Å². The van der Waals surface area contributed by atoms with Gasteiger partial charge in [0.25, 0.3) is 0 Å². The van der Waals surface area contributed by atoms with Gasteiger partial charge >= 0.3 is 0 Å². The molecule has 5 nitrogen and oxygen atoms in total. The van der Waals surface area contributed by atoms with Gasteiger partial charge in [0.15, 0.2) is 0 Å². The van der Waals surface area contributed by atoms with Crippen LogP contribution in [0.25, 0.3) is 0 Å². The highest BCUT2D eigenvalue weighted by molar-refractivity contribution is 5.91. The smallest absolute Gasteiger partial charge is 0.225 e. The summed E-state index contributed by atoms with van der Waals surface area (Å²) in [6.07, 6.45) is 4.33. The van der Waals surface area contributed by atoms with E-state index >= 15 is 0 Å². The minimum absolute atomic E-state index is 0.0111. The molecule has 0 aliphatic carbocycles. The molecule has 1 aromatic rings. The van der Waals surface area contributed by atoms with Crippen LogP contribution in [0.2, 0.25) is 0 Å². The molecule has 1 saturated heterocycles. The summed E-state index contributed by atoms with van der Waals surface area (Å²) < 4.78 is 5.71. The minimum Gasteiger partial charge on any atom is -0.399 e. The molecule has 1 atom stereocenters. The summed E-state index contributed by atoms with van der Waals surface area (Å²) in [5.41, 5.74) is 7.09. The van der Waals surface area contributed by atoms with Crippen molar-refractivity contribution in [3.8, 4) is 0 Å². The van der Waals surface area contributed by atoms with E-state index < -0.39 is 0 Å². The fraction of sp³-hybridized carbons (Fsp3) is 0.562. The highest BCUT2D eigenvalue weighted by Gasteiger charge is 2.16. The topological polar surface area (TPSA) is 67.6 Å². The SMILES string of the molecule is CN(CCC(=O)Nc1cccc(N)c1)CC1CCCCO1. The van der Waals surface area contributed by atoms with E-state index in [0.717, 1.165) is 31.8 Å². The second-order valence-corrected chi connectivity index (χ2v) is 5.67. The van der Waals surface area contributed by atoms with Gasteiger partial charge in [-0.3, -0.25) is 4.79 Å². The van der Waals surface area contributed by atoms with Crippen LogP contribution in [0, 0.1) is 0 Å². The number of hydrogen-bond acceptors (Lipinski definition) is 4. The van der Waals surface area contributed by atoms with Crippen molar-refractivity contribution < 1.29 is 9.53 Å². The van der Waals surface area contributed by atoms with Crippen molar-refractivity contribution in [3.05, 3.63) is 24.3 Å². The number of nitrogens with two attached hydrogens (primary N) is 1. The Bertz CT molecular complexity index is 459. The van der Waals surface area contributed by atoms with E-state index in [-0.39, 0.29) is 5.91 Å². The van der Waals surface area contributed by atoms with Crippen LogP contribution in [0.1, 0.15) is 25.7 Å². The van der Waals surface area contributed by atoms with Crippen molar-refractivity contribution in [2.24, 2.45) is 0 Å². The first-order valence-corrected chi connectivity index (χ1v) is 7.59. The van der Waals surface area contributed by atoms with Gasteiger partial charge in [-0.2, -0.15) is 0 Å². The highest BCUT2D eigenvalue weighted by Crippen LogP contribution is 2.14. The van der Waals surface area contributed by atoms with Crippen LogP contribution >= 0.6 is 0 Å². The summed E-state index contributed by atoms with van der Waals surface area (Å²) in [6, 6.07) is 7.23. The lowest BCUT2D eigenvalue weighted by Gasteiger charge is -2.27. The average Bonchev–Trinajstić information content (AvgIpc) is 2.46. The normalized spacial score (nSPS) is 18.7. The summed E-state index contributed by atoms with van der Waals surface area (Å²) in [5, 5.41) is 2.86. The second-order valence-electron chi connectivity index (χ2n) is 5.67. The molecular weight excluding hydrogens is 266 g/mol. The standard InChI is InChI=1S/C16H25N3O2/c1-19(12-15-7-2-3-10-21-15)9-8-16(20)18-14-6-4-5-13(17)11-14/h4-6,11,15H,2-3,7-10,12,17H2,1H3,(H,18,20). The van der Waals surface area contributed by atoms with E-state index in [2.05, 4.69) is 10.2 Å². The minimum atomic E-state index is 0.0111. The summed E-state index contributed by atoms with van der Waals surface area (Å²) in [7, 11) is 2.03. The summed E-state index contributed by atoms with van der Waals surface area (Å²) in [4.78, 5) is 14.1. The van der Waals surface area contributed by atoms with Gasteiger partial charge < -0.3 is 20.7 Å². The number of likely N-dealkylation sites (N-methyl/N-ethyl adjacent to an activating group) is 1. The number of hydrogen-bond donors (Lipinski definition) is 2. The van der Waals surface area contributed by atoms with E-state index in [1.807, 2.05) is 19.2 Å². The molecule has 0 bridgehead atoms. The van der Waals surface area contributed by atoms with Crippen LogP contribution in [0.15, 0.2) is 24.3 Å². The first-order chi connectivity index (χ1) is 10.1. The average molecular weight is 291 g/mol. The number of ether oxygens (including phenoxy) is 1. The molecule has 1 aliphatic rings. The third-order valence-corrected chi connectivity index (χ3v) is 3.68. The molecule has 1 amide bonds. The number of rotatable bonds is 6. The molecule has 2 rings (SSSR count). The summed E-state index contributed by atoms with van der Waals surface area (Å²) >= 11 is 0. The van der Waals surface area contributed by atoms with Crippen molar-refractivity contribution in [1.29, 1.82) is 0 Å². The number of amides is 1. The fourth-order valence-electron chi connectivity index (χ4n) is 2.52. The Labute approximate surface area is 126 Å². The predicted octanol–water partition coefficient (Wildman–Crippen LogP) is 2.10. The van der Waals surface area contributed by atoms with E-state index in [0.29, 0.717) is 18.2 Å². The summed E-state index contributed by atoms with van der Waals surface area (Å²) in [5.74, 6) is 0.0111. The molecule has 1 unspecified atom stereocenters. The lowest BCUT2D eigenvalue weighted by atomic mass is 10.1. The number of benzene rings is 1. The first kappa shape index (κ1) is 15.8. The molecule has 1 aliphatic heterocycles. The molecular formula is C16H25N3O2. The van der Waals surface area contributed by atoms with Gasteiger partial charge in [0.05, 0.1) is 6.10 Å². The molecule has 21 heavy (non-hydrogen) atoms. The first-order valence-electron chi connectivity index (χ1n) is 7.59. The van der Waals surface area contributed by atoms with Gasteiger partial charge in [-0.05, 0) is 44.5 Å². The Kier molecular flexibility index (Phi) is 6.02. The molecule has 0 saturated carbocycles. The van der Waals surface area contributed by atoms with Gasteiger partial charge in [0.2, 0.25) is 5.91 Å². The lowest BCUT2D eigenvalue weighted by Crippen LogP contribution is -2.35. The number of nitrogen functional groups attached to an aromatic ring is 1. The lowest BCUT2D eigenvalue weighted by molar-refractivity contribution is -0.116. The van der Waals surface area contributed by atoms with Crippen LogP contribution < -0.4 is 11.1 Å². The van der Waals surface area contributed by atoms with Gasteiger partial charge in [-0.1, -0.05) is 6.07 Å². The Morgan fingerprint density at radius 2 is 2.33 bits per heavy atom. The van der Waals surface area contributed by atoms with Gasteiger partial charge in [-0.15, -0.1) is 0 Å². The number of anilines is 2. The van der Waals surface area contributed by atoms with Crippen LogP contribution in [-0.4, -0.2) is 43.7 Å². The second kappa shape index (κ2) is 8.00. The third kappa shape index (κ3) is 5.73. The molecule has 1 heterocycles. The highest BCUT2D eigenvalue weighted by atomic mass is 16.5. The Balaban J connectivity index is 1.68. The monoisotopic (exact) mass is 291 g/mol. The van der Waals surface area contributed by atoms with Crippen molar-refractivity contribution in [1.82, 2.24) is 4.90 Å². The zero-order chi connectivity index (χ0) is 15.1. The molecule has 3 N–H and O–H groups in total. The van der Waals surface area contributed by atoms with Crippen LogP contribution in [0.3, 0.4) is 0 Å². The number of carbonyl (C=O) groups excluding carboxylic acids is 1. The molecule has 1 aromatic carbocycles. The maximum absolute atomic E-state index is 11.9. The van der Waals surface area contributed by atoms with Crippen molar-refractivity contribution in [3.63, 3.8) is 0 Å². The van der Waals surface area contributed by atoms with Crippen molar-refractivity contribution in [2.45, 2.75) is 31.8 Å². The van der Waals surface area contributed by atoms with E-state index in [4.69, 9.17) is 10.5 Å². The van der Waals surface area contributed by atoms with Gasteiger partial charge in [0.1, 0.15) is 0 Å². The van der Waals surface area contributed by atoms with Gasteiger partial charge in [0, 0.05) is 37.5 Å². The number of nitrogens with zero attached hydrogens (tertiary/aromatic N) is 1. The molecule has 116 valence electrons. The zero-order valence-electron chi connectivity index (χ0n) is 12.7. The predicted molar refractivity (Wildman–Crippen MR) is 85.2 cm³/mol. The number of nitrogens with one attached hydrogen (secondary N) is 1. The maximum Gasteiger partial charge on any atom is 0.225 e. The quantitative estimate of drug-likeness (QED) is 0.788. The molecule has 0 aromatic heterocycles. The molecule has 0 radical (unpaired) electrons. The van der Waals surface area contributed by atoms with Crippen molar-refractivity contribution in [2.75, 3.05) is 37.8 Å². The molecule has 1 fully saturated rings. The van der Waals surface area contributed by atoms with Gasteiger partial charge in [-0.25, -0.2) is 0 Å². The Morgan fingerprint density at radius 1 is 1.48 bits per heavy atom. The maximum atomic E-state index is 11.9. The molecule has 5 heteroatoms. The van der Waals surface area contributed by atoms with E-state index in [1.165, 1.54) is 12.8 Å². The summed E-state index contributed by atoms with van der Waals surface area (Å²) in [6.45, 7) is 2.49. The van der Waals surface area contributed by atoms with Crippen LogP contribution in [0.5, 0.6) is 0 Å². The van der Waals surface area contributed by atoms with Crippen LogP contribution in [0.4, 0.5) is 11.4 Å².